The predicted molar refractivity (Wildman–Crippen MR) is 85.5 cm³/mol. The maximum Gasteiger partial charge on any atom is 0.233 e. The van der Waals surface area contributed by atoms with Crippen LogP contribution >= 0.6 is 0 Å². The summed E-state index contributed by atoms with van der Waals surface area (Å²) in [5, 5.41) is 1.34. The van der Waals surface area contributed by atoms with E-state index in [1.807, 2.05) is 54.6 Å². The van der Waals surface area contributed by atoms with Crippen LogP contribution in [0.15, 0.2) is 54.6 Å². The number of nitrogens with zero attached hydrogens (tertiary/aromatic N) is 1. The number of hydroxylamine groups is 2. The number of carbonyl (C=O) groups is 1. The van der Waals surface area contributed by atoms with Gasteiger partial charge in [0, 0.05) is 0 Å². The van der Waals surface area contributed by atoms with E-state index in [4.69, 9.17) is 9.57 Å². The maximum absolute atomic E-state index is 11.1. The van der Waals surface area contributed by atoms with Gasteiger partial charge in [-0.15, -0.1) is 0 Å². The largest absolute Gasteiger partial charge is 0.457 e. The number of para-hydroxylation sites is 1. The second-order valence-electron chi connectivity index (χ2n) is 4.94. The summed E-state index contributed by atoms with van der Waals surface area (Å²) in [5.74, 6) is 1.56. The van der Waals surface area contributed by atoms with Crippen LogP contribution in [0.3, 0.4) is 0 Å². The third kappa shape index (κ3) is 4.09. The molecule has 0 heterocycles. The molecule has 0 N–H and O–H groups in total. The molecule has 22 heavy (non-hydrogen) atoms. The first-order valence-corrected chi connectivity index (χ1v) is 7.39. The van der Waals surface area contributed by atoms with Crippen LogP contribution in [0.4, 0.5) is 0 Å². The summed E-state index contributed by atoms with van der Waals surface area (Å²) in [6, 6.07) is 17.3. The van der Waals surface area contributed by atoms with Crippen LogP contribution in [-0.4, -0.2) is 18.6 Å². The molecule has 0 aliphatic heterocycles. The van der Waals surface area contributed by atoms with Gasteiger partial charge in [0.1, 0.15) is 11.5 Å². The highest BCUT2D eigenvalue weighted by Gasteiger charge is 2.18. The Morgan fingerprint density at radius 2 is 1.68 bits per heavy atom. The van der Waals surface area contributed by atoms with Gasteiger partial charge in [-0.05, 0) is 36.2 Å². The van der Waals surface area contributed by atoms with Crippen LogP contribution in [0.5, 0.6) is 11.5 Å². The monoisotopic (exact) mass is 299 g/mol. The van der Waals surface area contributed by atoms with Crippen LogP contribution in [0, 0.1) is 0 Å². The molecule has 1 amide bonds. The Labute approximate surface area is 131 Å². The fourth-order valence-corrected chi connectivity index (χ4v) is 2.34. The van der Waals surface area contributed by atoms with Gasteiger partial charge in [0.05, 0.1) is 13.2 Å². The first kappa shape index (κ1) is 16.0. The van der Waals surface area contributed by atoms with E-state index < -0.39 is 0 Å². The molecule has 0 saturated carbocycles. The number of hydrogen-bond acceptors (Lipinski definition) is 3. The standard InChI is InChI=1S/C18H21NO3/c1-3-7-18(19(14-20)21-2)15-10-12-17(13-11-15)22-16-8-5-4-6-9-16/h4-6,8-14,18H,3,7H2,1-2H3. The zero-order valence-corrected chi connectivity index (χ0v) is 12.9. The van der Waals surface area contributed by atoms with Gasteiger partial charge in [0.25, 0.3) is 0 Å². The minimum Gasteiger partial charge on any atom is -0.457 e. The molecule has 0 aliphatic rings. The lowest BCUT2D eigenvalue weighted by atomic mass is 10.0. The summed E-state index contributed by atoms with van der Waals surface area (Å²) < 4.78 is 5.77. The molecule has 4 nitrogen and oxygen atoms in total. The van der Waals surface area contributed by atoms with Crippen LogP contribution in [0.2, 0.25) is 0 Å². The number of amides is 1. The van der Waals surface area contributed by atoms with E-state index >= 15 is 0 Å². The molecule has 0 bridgehead atoms. The Balaban J connectivity index is 2.13. The van der Waals surface area contributed by atoms with Crippen molar-refractivity contribution in [3.8, 4) is 11.5 Å². The van der Waals surface area contributed by atoms with E-state index in [-0.39, 0.29) is 6.04 Å². The Hall–Kier alpha value is -2.33. The molecule has 0 spiro atoms. The maximum atomic E-state index is 11.1. The van der Waals surface area contributed by atoms with Crippen molar-refractivity contribution in [2.24, 2.45) is 0 Å². The Morgan fingerprint density at radius 3 is 2.23 bits per heavy atom. The first-order valence-electron chi connectivity index (χ1n) is 7.39. The average Bonchev–Trinajstić information content (AvgIpc) is 2.57. The van der Waals surface area contributed by atoms with Gasteiger partial charge in [-0.2, -0.15) is 0 Å². The van der Waals surface area contributed by atoms with Gasteiger partial charge in [0.2, 0.25) is 6.41 Å². The average molecular weight is 299 g/mol. The molecule has 0 radical (unpaired) electrons. The van der Waals surface area contributed by atoms with Crippen molar-refractivity contribution in [1.29, 1.82) is 0 Å². The lowest BCUT2D eigenvalue weighted by Crippen LogP contribution is -2.26. The lowest BCUT2D eigenvalue weighted by Gasteiger charge is -2.26. The van der Waals surface area contributed by atoms with Crippen molar-refractivity contribution >= 4 is 6.41 Å². The normalized spacial score (nSPS) is 11.7. The highest BCUT2D eigenvalue weighted by molar-refractivity contribution is 5.47. The van der Waals surface area contributed by atoms with Crippen LogP contribution in [-0.2, 0) is 9.63 Å². The second kappa shape index (κ2) is 8.20. The van der Waals surface area contributed by atoms with E-state index in [9.17, 15) is 4.79 Å². The number of rotatable bonds is 8. The number of ether oxygens (including phenoxy) is 1. The lowest BCUT2D eigenvalue weighted by molar-refractivity contribution is -0.175. The molecule has 0 saturated heterocycles. The summed E-state index contributed by atoms with van der Waals surface area (Å²) in [4.78, 5) is 16.2. The smallest absolute Gasteiger partial charge is 0.233 e. The molecule has 1 unspecified atom stereocenters. The second-order valence-corrected chi connectivity index (χ2v) is 4.94. The van der Waals surface area contributed by atoms with Gasteiger partial charge in [0.15, 0.2) is 0 Å². The predicted octanol–water partition coefficient (Wildman–Crippen LogP) is 4.34. The zero-order chi connectivity index (χ0) is 15.8. The molecule has 1 atom stereocenters. The molecule has 2 rings (SSSR count). The summed E-state index contributed by atoms with van der Waals surface area (Å²) in [5.41, 5.74) is 1.02. The van der Waals surface area contributed by atoms with E-state index in [1.54, 1.807) is 0 Å². The van der Waals surface area contributed by atoms with Crippen molar-refractivity contribution in [3.05, 3.63) is 60.2 Å². The molecular weight excluding hydrogens is 278 g/mol. The molecule has 4 heteroatoms. The molecular formula is C18H21NO3. The van der Waals surface area contributed by atoms with E-state index in [2.05, 4.69) is 6.92 Å². The quantitative estimate of drug-likeness (QED) is 0.537. The van der Waals surface area contributed by atoms with Gasteiger partial charge in [-0.25, -0.2) is 5.06 Å². The van der Waals surface area contributed by atoms with E-state index in [1.165, 1.54) is 12.2 Å². The van der Waals surface area contributed by atoms with E-state index in [0.29, 0.717) is 6.41 Å². The fourth-order valence-electron chi connectivity index (χ4n) is 2.34. The van der Waals surface area contributed by atoms with Gasteiger partial charge < -0.3 is 4.74 Å². The molecule has 116 valence electrons. The van der Waals surface area contributed by atoms with E-state index in [0.717, 1.165) is 29.9 Å². The van der Waals surface area contributed by atoms with Crippen molar-refractivity contribution in [1.82, 2.24) is 5.06 Å². The Morgan fingerprint density at radius 1 is 1.05 bits per heavy atom. The summed E-state index contributed by atoms with van der Waals surface area (Å²) in [6.45, 7) is 2.08. The van der Waals surface area contributed by atoms with Crippen LogP contribution in [0.1, 0.15) is 31.4 Å². The van der Waals surface area contributed by atoms with Crippen LogP contribution < -0.4 is 4.74 Å². The minimum atomic E-state index is -0.0849. The zero-order valence-electron chi connectivity index (χ0n) is 12.9. The third-order valence-corrected chi connectivity index (χ3v) is 3.43. The molecule has 0 aliphatic carbocycles. The van der Waals surface area contributed by atoms with Gasteiger partial charge >= 0.3 is 0 Å². The number of carbonyl (C=O) groups excluding carboxylic acids is 1. The molecule has 2 aromatic carbocycles. The van der Waals surface area contributed by atoms with Crippen molar-refractivity contribution < 1.29 is 14.4 Å². The Bertz CT molecular complexity index is 569. The van der Waals surface area contributed by atoms with Crippen molar-refractivity contribution in [2.75, 3.05) is 7.11 Å². The fraction of sp³-hybridized carbons (Fsp3) is 0.278. The highest BCUT2D eigenvalue weighted by atomic mass is 16.7. The topological polar surface area (TPSA) is 38.8 Å². The van der Waals surface area contributed by atoms with Crippen molar-refractivity contribution in [3.63, 3.8) is 0 Å². The number of benzene rings is 2. The van der Waals surface area contributed by atoms with Gasteiger partial charge in [-0.1, -0.05) is 43.7 Å². The third-order valence-electron chi connectivity index (χ3n) is 3.43. The Kier molecular flexibility index (Phi) is 5.98. The highest BCUT2D eigenvalue weighted by Crippen LogP contribution is 2.28. The SMILES string of the molecule is CCCC(c1ccc(Oc2ccccc2)cc1)N(C=O)OC. The minimum absolute atomic E-state index is 0.0849. The van der Waals surface area contributed by atoms with Gasteiger partial charge in [-0.3, -0.25) is 9.63 Å². The summed E-state index contributed by atoms with van der Waals surface area (Å²) in [6.07, 6.45) is 2.51. The number of hydrogen-bond donors (Lipinski definition) is 0. The molecule has 0 aromatic heterocycles. The molecule has 0 fully saturated rings. The first-order chi connectivity index (χ1) is 10.8. The molecule has 2 aromatic rings. The van der Waals surface area contributed by atoms with Crippen LogP contribution in [0.25, 0.3) is 0 Å². The summed E-state index contributed by atoms with van der Waals surface area (Å²) in [7, 11) is 1.50. The summed E-state index contributed by atoms with van der Waals surface area (Å²) >= 11 is 0. The van der Waals surface area contributed by atoms with Crippen molar-refractivity contribution in [2.45, 2.75) is 25.8 Å².